The van der Waals surface area contributed by atoms with E-state index >= 15 is 0 Å². The van der Waals surface area contributed by atoms with Crippen LogP contribution in [-0.4, -0.2) is 15.2 Å². The van der Waals surface area contributed by atoms with Crippen LogP contribution >= 0.6 is 0 Å². The molecule has 2 rings (SSSR count). The van der Waals surface area contributed by atoms with E-state index in [2.05, 4.69) is 15.2 Å². The minimum absolute atomic E-state index is 0.335. The van der Waals surface area contributed by atoms with Crippen LogP contribution in [-0.2, 0) is 6.18 Å². The Morgan fingerprint density at radius 1 is 1.23 bits per heavy atom. The van der Waals surface area contributed by atoms with Crippen LogP contribution in [0, 0.1) is 0 Å². The Bertz CT molecular complexity index is 432. The van der Waals surface area contributed by atoms with Crippen molar-refractivity contribution in [2.45, 2.75) is 6.18 Å². The summed E-state index contributed by atoms with van der Waals surface area (Å²) in [6.07, 6.45) is -1.84. The highest BCUT2D eigenvalue weighted by atomic mass is 19.4. The van der Waals surface area contributed by atoms with Gasteiger partial charge in [-0.1, -0.05) is 0 Å². The van der Waals surface area contributed by atoms with Crippen molar-refractivity contribution in [2.24, 2.45) is 0 Å². The third-order valence-electron chi connectivity index (χ3n) is 1.61. The quantitative estimate of drug-likeness (QED) is 0.685. The topological polar surface area (TPSA) is 41.6 Å². The average Bonchev–Trinajstić information content (AvgIpc) is 2.47. The minimum Gasteiger partial charge on any atom is -0.278 e. The van der Waals surface area contributed by atoms with E-state index in [0.717, 1.165) is 12.3 Å². The third kappa shape index (κ3) is 1.34. The largest absolute Gasteiger partial charge is 0.433 e. The predicted molar refractivity (Wildman–Crippen MR) is 38.9 cm³/mol. The van der Waals surface area contributed by atoms with Gasteiger partial charge in [0.05, 0.1) is 11.7 Å². The van der Waals surface area contributed by atoms with E-state index in [1.54, 1.807) is 0 Å². The molecule has 0 bridgehead atoms. The van der Waals surface area contributed by atoms with Gasteiger partial charge in [0.25, 0.3) is 0 Å². The van der Waals surface area contributed by atoms with E-state index < -0.39 is 11.9 Å². The van der Waals surface area contributed by atoms with Gasteiger partial charge in [-0.2, -0.15) is 18.3 Å². The molecule has 0 radical (unpaired) electrons. The Hall–Kier alpha value is -1.59. The summed E-state index contributed by atoms with van der Waals surface area (Å²) in [5, 5.41) is 6.60. The molecular weight excluding hydrogens is 183 g/mol. The second kappa shape index (κ2) is 2.45. The maximum atomic E-state index is 12.1. The number of pyridine rings is 1. The number of hydrogen-bond donors (Lipinski definition) is 1. The van der Waals surface area contributed by atoms with Crippen LogP contribution in [0.2, 0.25) is 0 Å². The molecule has 1 N–H and O–H groups in total. The normalized spacial score (nSPS) is 12.2. The highest BCUT2D eigenvalue weighted by Crippen LogP contribution is 2.28. The van der Waals surface area contributed by atoms with Crippen LogP contribution in [0.5, 0.6) is 0 Å². The minimum atomic E-state index is -4.40. The number of alkyl halides is 3. The highest BCUT2D eigenvalue weighted by molar-refractivity contribution is 5.76. The molecule has 0 fully saturated rings. The molecular formula is C7H4F3N3. The van der Waals surface area contributed by atoms with Gasteiger partial charge >= 0.3 is 6.18 Å². The van der Waals surface area contributed by atoms with Crippen LogP contribution in [0.1, 0.15) is 5.69 Å². The van der Waals surface area contributed by atoms with Crippen molar-refractivity contribution in [3.8, 4) is 0 Å². The lowest BCUT2D eigenvalue weighted by Crippen LogP contribution is -2.07. The fraction of sp³-hybridized carbons (Fsp3) is 0.143. The van der Waals surface area contributed by atoms with E-state index in [0.29, 0.717) is 10.9 Å². The molecule has 0 amide bonds. The van der Waals surface area contributed by atoms with Gasteiger partial charge in [0.15, 0.2) is 0 Å². The smallest absolute Gasteiger partial charge is 0.278 e. The fourth-order valence-electron chi connectivity index (χ4n) is 0.992. The Morgan fingerprint density at radius 2 is 2.00 bits per heavy atom. The van der Waals surface area contributed by atoms with Crippen molar-refractivity contribution in [3.63, 3.8) is 0 Å². The summed E-state index contributed by atoms with van der Waals surface area (Å²) >= 11 is 0. The molecule has 0 aromatic carbocycles. The monoisotopic (exact) mass is 187 g/mol. The average molecular weight is 187 g/mol. The van der Waals surface area contributed by atoms with Crippen molar-refractivity contribution in [3.05, 3.63) is 24.2 Å². The second-order valence-electron chi connectivity index (χ2n) is 2.52. The fourth-order valence-corrected chi connectivity index (χ4v) is 0.992. The molecule has 6 heteroatoms. The van der Waals surface area contributed by atoms with E-state index in [9.17, 15) is 13.2 Å². The van der Waals surface area contributed by atoms with Gasteiger partial charge in [-0.3, -0.25) is 10.1 Å². The maximum absolute atomic E-state index is 12.1. The SMILES string of the molecule is FC(F)(F)c1cc2[nH]ncc2cn1. The van der Waals surface area contributed by atoms with Gasteiger partial charge in [-0.15, -0.1) is 0 Å². The van der Waals surface area contributed by atoms with Crippen molar-refractivity contribution in [1.82, 2.24) is 15.2 Å². The van der Waals surface area contributed by atoms with Crippen LogP contribution in [0.4, 0.5) is 13.2 Å². The zero-order valence-electron chi connectivity index (χ0n) is 6.26. The second-order valence-corrected chi connectivity index (χ2v) is 2.52. The number of rotatable bonds is 0. The number of hydrogen-bond acceptors (Lipinski definition) is 2. The molecule has 3 nitrogen and oxygen atoms in total. The molecule has 0 atom stereocenters. The standard InChI is InChI=1S/C7H4F3N3/c8-7(9,10)6-1-5-4(2-11-6)3-12-13-5/h1-3H,(H,12,13). The molecule has 68 valence electrons. The lowest BCUT2D eigenvalue weighted by molar-refractivity contribution is -0.141. The number of nitrogens with zero attached hydrogens (tertiary/aromatic N) is 2. The van der Waals surface area contributed by atoms with Gasteiger partial charge in [0.1, 0.15) is 5.69 Å². The molecule has 0 aliphatic rings. The number of halogens is 3. The first-order valence-corrected chi connectivity index (χ1v) is 3.44. The van der Waals surface area contributed by atoms with E-state index in [1.807, 2.05) is 0 Å². The first-order chi connectivity index (χ1) is 6.07. The van der Waals surface area contributed by atoms with Crippen LogP contribution in [0.3, 0.4) is 0 Å². The summed E-state index contributed by atoms with van der Waals surface area (Å²) in [7, 11) is 0. The first-order valence-electron chi connectivity index (χ1n) is 3.44. The Balaban J connectivity index is 2.61. The zero-order chi connectivity index (χ0) is 9.47. The summed E-state index contributed by atoms with van der Waals surface area (Å²) in [6.45, 7) is 0. The van der Waals surface area contributed by atoms with Gasteiger partial charge in [-0.05, 0) is 6.07 Å². The first kappa shape index (κ1) is 8.03. The van der Waals surface area contributed by atoms with E-state index in [4.69, 9.17) is 0 Å². The van der Waals surface area contributed by atoms with Crippen LogP contribution < -0.4 is 0 Å². The van der Waals surface area contributed by atoms with Gasteiger partial charge in [0.2, 0.25) is 0 Å². The Morgan fingerprint density at radius 3 is 2.69 bits per heavy atom. The van der Waals surface area contributed by atoms with Crippen molar-refractivity contribution in [2.75, 3.05) is 0 Å². The molecule has 0 unspecified atom stereocenters. The highest BCUT2D eigenvalue weighted by Gasteiger charge is 2.32. The molecule has 0 spiro atoms. The van der Waals surface area contributed by atoms with Gasteiger partial charge < -0.3 is 0 Å². The number of aromatic nitrogens is 3. The lowest BCUT2D eigenvalue weighted by atomic mass is 10.3. The molecule has 0 saturated heterocycles. The summed E-state index contributed by atoms with van der Waals surface area (Å²) in [4.78, 5) is 3.27. The molecule has 0 aliphatic heterocycles. The molecule has 2 aromatic rings. The summed E-state index contributed by atoms with van der Waals surface area (Å²) in [5.41, 5.74) is -0.577. The summed E-state index contributed by atoms with van der Waals surface area (Å²) in [6, 6.07) is 0.933. The van der Waals surface area contributed by atoms with Gasteiger partial charge in [-0.25, -0.2) is 0 Å². The third-order valence-corrected chi connectivity index (χ3v) is 1.61. The zero-order valence-corrected chi connectivity index (χ0v) is 6.26. The molecule has 13 heavy (non-hydrogen) atoms. The lowest BCUT2D eigenvalue weighted by Gasteiger charge is -2.03. The Kier molecular flexibility index (Phi) is 1.51. The molecule has 0 aliphatic carbocycles. The summed E-state index contributed by atoms with van der Waals surface area (Å²) < 4.78 is 36.4. The molecule has 2 aromatic heterocycles. The Labute approximate surface area is 70.6 Å². The number of aromatic amines is 1. The molecule has 0 saturated carbocycles. The van der Waals surface area contributed by atoms with E-state index in [1.165, 1.54) is 6.20 Å². The van der Waals surface area contributed by atoms with Gasteiger partial charge in [0, 0.05) is 11.6 Å². The molecule has 2 heterocycles. The van der Waals surface area contributed by atoms with Crippen molar-refractivity contribution < 1.29 is 13.2 Å². The number of H-pyrrole nitrogens is 1. The van der Waals surface area contributed by atoms with Crippen molar-refractivity contribution in [1.29, 1.82) is 0 Å². The number of nitrogens with one attached hydrogen (secondary N) is 1. The maximum Gasteiger partial charge on any atom is 0.433 e. The predicted octanol–water partition coefficient (Wildman–Crippen LogP) is 1.98. The van der Waals surface area contributed by atoms with E-state index in [-0.39, 0.29) is 0 Å². The van der Waals surface area contributed by atoms with Crippen LogP contribution in [0.25, 0.3) is 10.9 Å². The summed E-state index contributed by atoms with van der Waals surface area (Å²) in [5.74, 6) is 0. The van der Waals surface area contributed by atoms with Crippen LogP contribution in [0.15, 0.2) is 18.5 Å². The number of fused-ring (bicyclic) bond motifs is 1. The van der Waals surface area contributed by atoms with Crippen molar-refractivity contribution >= 4 is 10.9 Å².